The number of hydrogen-bond acceptors (Lipinski definition) is 5. The van der Waals surface area contributed by atoms with Crippen molar-refractivity contribution in [3.05, 3.63) is 22.7 Å². The Hall–Kier alpha value is -1.12. The SMILES string of the molecule is CCOC(=O)CN(C1CC1)S(=O)(=O)c1ccc(Br)c(N)c1. The molecule has 2 N–H and O–H groups in total. The summed E-state index contributed by atoms with van der Waals surface area (Å²) in [5, 5.41) is 0. The van der Waals surface area contributed by atoms with E-state index in [1.807, 2.05) is 0 Å². The number of benzene rings is 1. The maximum absolute atomic E-state index is 12.7. The minimum Gasteiger partial charge on any atom is -0.465 e. The van der Waals surface area contributed by atoms with Crippen LogP contribution in [0.5, 0.6) is 0 Å². The normalized spacial score (nSPS) is 15.2. The zero-order chi connectivity index (χ0) is 15.6. The number of anilines is 1. The van der Waals surface area contributed by atoms with E-state index in [9.17, 15) is 13.2 Å². The van der Waals surface area contributed by atoms with Crippen molar-refractivity contribution >= 4 is 37.6 Å². The fourth-order valence-corrected chi connectivity index (χ4v) is 3.84. The molecule has 0 unspecified atom stereocenters. The van der Waals surface area contributed by atoms with E-state index >= 15 is 0 Å². The van der Waals surface area contributed by atoms with Gasteiger partial charge in [0, 0.05) is 16.2 Å². The van der Waals surface area contributed by atoms with Crippen LogP contribution in [-0.2, 0) is 19.6 Å². The molecule has 0 radical (unpaired) electrons. The minimum absolute atomic E-state index is 0.0828. The molecular formula is C13H17BrN2O4S. The van der Waals surface area contributed by atoms with Gasteiger partial charge in [0.05, 0.1) is 11.5 Å². The summed E-state index contributed by atoms with van der Waals surface area (Å²) >= 11 is 3.23. The van der Waals surface area contributed by atoms with Gasteiger partial charge in [-0.1, -0.05) is 0 Å². The van der Waals surface area contributed by atoms with Gasteiger partial charge in [-0.25, -0.2) is 8.42 Å². The van der Waals surface area contributed by atoms with Crippen LogP contribution in [0.3, 0.4) is 0 Å². The highest BCUT2D eigenvalue weighted by Gasteiger charge is 2.39. The first-order valence-corrected chi connectivity index (χ1v) is 8.82. The second kappa shape index (κ2) is 6.33. The quantitative estimate of drug-likeness (QED) is 0.603. The minimum atomic E-state index is -3.76. The molecule has 0 bridgehead atoms. The third-order valence-electron chi connectivity index (χ3n) is 3.12. The van der Waals surface area contributed by atoms with Gasteiger partial charge in [0.2, 0.25) is 10.0 Å². The molecule has 0 amide bonds. The molecule has 0 heterocycles. The van der Waals surface area contributed by atoms with Crippen LogP contribution in [0, 0.1) is 0 Å². The summed E-state index contributed by atoms with van der Waals surface area (Å²) in [5.41, 5.74) is 6.07. The Kier molecular flexibility index (Phi) is 4.90. The van der Waals surface area contributed by atoms with Crippen molar-refractivity contribution in [3.63, 3.8) is 0 Å². The smallest absolute Gasteiger partial charge is 0.321 e. The molecule has 1 aliphatic carbocycles. The summed E-state index contributed by atoms with van der Waals surface area (Å²) in [7, 11) is -3.76. The van der Waals surface area contributed by atoms with Crippen molar-refractivity contribution in [2.75, 3.05) is 18.9 Å². The summed E-state index contributed by atoms with van der Waals surface area (Å²) in [6.07, 6.45) is 1.51. The van der Waals surface area contributed by atoms with Crippen LogP contribution < -0.4 is 5.73 Å². The monoisotopic (exact) mass is 376 g/mol. The summed E-state index contributed by atoms with van der Waals surface area (Å²) in [6.45, 7) is 1.64. The lowest BCUT2D eigenvalue weighted by atomic mass is 10.3. The molecule has 6 nitrogen and oxygen atoms in total. The van der Waals surface area contributed by atoms with Crippen LogP contribution in [0.1, 0.15) is 19.8 Å². The predicted octanol–water partition coefficient (Wildman–Crippen LogP) is 1.75. The molecule has 0 aromatic heterocycles. The molecule has 0 saturated heterocycles. The lowest BCUT2D eigenvalue weighted by Gasteiger charge is -2.21. The fourth-order valence-electron chi connectivity index (χ4n) is 1.92. The molecule has 1 fully saturated rings. The number of hydrogen-bond donors (Lipinski definition) is 1. The van der Waals surface area contributed by atoms with Crippen molar-refractivity contribution in [1.29, 1.82) is 0 Å². The Morgan fingerprint density at radius 2 is 2.14 bits per heavy atom. The molecule has 1 aliphatic rings. The number of sulfonamides is 1. The summed E-state index contributed by atoms with van der Waals surface area (Å²) in [4.78, 5) is 11.7. The van der Waals surface area contributed by atoms with Gasteiger partial charge in [0.25, 0.3) is 0 Å². The zero-order valence-electron chi connectivity index (χ0n) is 11.6. The van der Waals surface area contributed by atoms with E-state index in [0.717, 1.165) is 12.8 Å². The number of rotatable bonds is 6. The maximum Gasteiger partial charge on any atom is 0.321 e. The highest BCUT2D eigenvalue weighted by molar-refractivity contribution is 9.10. The van der Waals surface area contributed by atoms with Gasteiger partial charge in [-0.2, -0.15) is 4.31 Å². The van der Waals surface area contributed by atoms with Crippen LogP contribution in [0.4, 0.5) is 5.69 Å². The molecule has 1 aromatic carbocycles. The van der Waals surface area contributed by atoms with E-state index < -0.39 is 16.0 Å². The molecular weight excluding hydrogens is 360 g/mol. The van der Waals surface area contributed by atoms with Gasteiger partial charge in [0.1, 0.15) is 6.54 Å². The summed E-state index contributed by atoms with van der Waals surface area (Å²) in [5.74, 6) is -0.543. The van der Waals surface area contributed by atoms with Crippen LogP contribution in [0.15, 0.2) is 27.6 Å². The van der Waals surface area contributed by atoms with E-state index in [4.69, 9.17) is 10.5 Å². The second-order valence-corrected chi connectivity index (χ2v) is 7.51. The van der Waals surface area contributed by atoms with Gasteiger partial charge in [0.15, 0.2) is 0 Å². The fraction of sp³-hybridized carbons (Fsp3) is 0.462. The number of ether oxygens (including phenoxy) is 1. The molecule has 116 valence electrons. The largest absolute Gasteiger partial charge is 0.465 e. The number of carbonyl (C=O) groups is 1. The van der Waals surface area contributed by atoms with Crippen molar-refractivity contribution in [1.82, 2.24) is 4.31 Å². The van der Waals surface area contributed by atoms with E-state index in [0.29, 0.717) is 10.2 Å². The van der Waals surface area contributed by atoms with Gasteiger partial charge < -0.3 is 10.5 Å². The first-order valence-electron chi connectivity index (χ1n) is 6.58. The van der Waals surface area contributed by atoms with E-state index in [1.165, 1.54) is 16.4 Å². The lowest BCUT2D eigenvalue weighted by molar-refractivity contribution is -0.143. The van der Waals surface area contributed by atoms with E-state index in [-0.39, 0.29) is 24.1 Å². The number of carbonyl (C=O) groups excluding carboxylic acids is 1. The Morgan fingerprint density at radius 1 is 1.48 bits per heavy atom. The summed E-state index contributed by atoms with van der Waals surface area (Å²) in [6, 6.07) is 4.30. The Bertz CT molecular complexity index is 644. The number of nitrogens with zero attached hydrogens (tertiary/aromatic N) is 1. The van der Waals surface area contributed by atoms with Gasteiger partial charge in [-0.05, 0) is 53.9 Å². The Labute approximate surface area is 132 Å². The van der Waals surface area contributed by atoms with Crippen LogP contribution in [0.25, 0.3) is 0 Å². The van der Waals surface area contributed by atoms with Gasteiger partial charge in [-0.3, -0.25) is 4.79 Å². The predicted molar refractivity (Wildman–Crippen MR) is 82.1 cm³/mol. The molecule has 1 saturated carbocycles. The van der Waals surface area contributed by atoms with Crippen molar-refractivity contribution in [2.24, 2.45) is 0 Å². The molecule has 1 aromatic rings. The molecule has 0 spiro atoms. The highest BCUT2D eigenvalue weighted by Crippen LogP contribution is 2.33. The standard InChI is InChI=1S/C13H17BrN2O4S/c1-2-20-13(17)8-16(9-3-4-9)21(18,19)10-5-6-11(14)12(15)7-10/h5-7,9H,2-4,8,15H2,1H3. The van der Waals surface area contributed by atoms with Crippen LogP contribution in [-0.4, -0.2) is 37.9 Å². The van der Waals surface area contributed by atoms with Gasteiger partial charge >= 0.3 is 5.97 Å². The third-order valence-corrected chi connectivity index (χ3v) is 5.73. The summed E-state index contributed by atoms with van der Waals surface area (Å²) < 4.78 is 32.0. The van der Waals surface area contributed by atoms with E-state index in [2.05, 4.69) is 15.9 Å². The molecule has 2 rings (SSSR count). The lowest BCUT2D eigenvalue weighted by Crippen LogP contribution is -2.38. The van der Waals surface area contributed by atoms with Gasteiger partial charge in [-0.15, -0.1) is 0 Å². The Morgan fingerprint density at radius 3 is 2.67 bits per heavy atom. The maximum atomic E-state index is 12.7. The van der Waals surface area contributed by atoms with E-state index in [1.54, 1.807) is 13.0 Å². The molecule has 8 heteroatoms. The average Bonchev–Trinajstić information content (AvgIpc) is 3.23. The number of nitrogen functional groups attached to an aromatic ring is 1. The zero-order valence-corrected chi connectivity index (χ0v) is 14.0. The molecule has 0 atom stereocenters. The second-order valence-electron chi connectivity index (χ2n) is 4.77. The first-order chi connectivity index (χ1) is 9.86. The molecule has 0 aliphatic heterocycles. The average molecular weight is 377 g/mol. The number of nitrogens with two attached hydrogens (primary N) is 1. The first kappa shape index (κ1) is 16.3. The van der Waals surface area contributed by atoms with Crippen molar-refractivity contribution in [3.8, 4) is 0 Å². The number of halogens is 1. The van der Waals surface area contributed by atoms with Crippen molar-refractivity contribution < 1.29 is 17.9 Å². The Balaban J connectivity index is 2.29. The van der Waals surface area contributed by atoms with Crippen molar-refractivity contribution in [2.45, 2.75) is 30.7 Å². The van der Waals surface area contributed by atoms with Crippen LogP contribution >= 0.6 is 15.9 Å². The third kappa shape index (κ3) is 3.75. The number of esters is 1. The highest BCUT2D eigenvalue weighted by atomic mass is 79.9. The molecule has 21 heavy (non-hydrogen) atoms. The van der Waals surface area contributed by atoms with Crippen LogP contribution in [0.2, 0.25) is 0 Å². The topological polar surface area (TPSA) is 89.7 Å².